The van der Waals surface area contributed by atoms with Gasteiger partial charge in [0.05, 0.1) is 12.8 Å². The molecule has 1 aromatic carbocycles. The van der Waals surface area contributed by atoms with Gasteiger partial charge >= 0.3 is 5.97 Å². The van der Waals surface area contributed by atoms with Gasteiger partial charge in [-0.1, -0.05) is 12.1 Å². The first kappa shape index (κ1) is 13.1. The molecule has 1 amide bonds. The molecule has 0 saturated carbocycles. The molecule has 6 heteroatoms. The third kappa shape index (κ3) is 2.31. The maximum atomic E-state index is 12.6. The molecule has 0 N–H and O–H groups in total. The Morgan fingerprint density at radius 2 is 2.10 bits per heavy atom. The summed E-state index contributed by atoms with van der Waals surface area (Å²) in [5, 5.41) is 0. The van der Waals surface area contributed by atoms with Crippen molar-refractivity contribution < 1.29 is 19.1 Å². The Hall–Kier alpha value is -2.89. The van der Waals surface area contributed by atoms with Gasteiger partial charge in [0, 0.05) is 6.20 Å². The van der Waals surface area contributed by atoms with Crippen molar-refractivity contribution in [1.82, 2.24) is 4.98 Å². The largest absolute Gasteiger partial charge is 0.468 e. The Kier molecular flexibility index (Phi) is 3.27. The second kappa shape index (κ2) is 5.24. The summed E-state index contributed by atoms with van der Waals surface area (Å²) < 4.78 is 10.3. The van der Waals surface area contributed by atoms with Gasteiger partial charge < -0.3 is 9.47 Å². The molecular formula is C15H12N2O4. The maximum absolute atomic E-state index is 12.6. The van der Waals surface area contributed by atoms with E-state index in [1.807, 2.05) is 0 Å². The second-order valence-corrected chi connectivity index (χ2v) is 4.39. The minimum absolute atomic E-state index is 0.190. The summed E-state index contributed by atoms with van der Waals surface area (Å²) in [6.07, 6.45) is 1.55. The number of aromatic nitrogens is 1. The molecule has 1 aromatic heterocycles. The Morgan fingerprint density at radius 1 is 1.29 bits per heavy atom. The van der Waals surface area contributed by atoms with E-state index in [9.17, 15) is 9.59 Å². The lowest BCUT2D eigenvalue weighted by Gasteiger charge is -2.20. The molecule has 1 aliphatic heterocycles. The van der Waals surface area contributed by atoms with Crippen LogP contribution in [-0.2, 0) is 9.53 Å². The molecule has 0 fully saturated rings. The fourth-order valence-corrected chi connectivity index (χ4v) is 2.11. The number of ether oxygens (including phenoxy) is 2. The Labute approximate surface area is 120 Å². The van der Waals surface area contributed by atoms with E-state index < -0.39 is 5.97 Å². The summed E-state index contributed by atoms with van der Waals surface area (Å²) in [6.45, 7) is -0.190. The van der Waals surface area contributed by atoms with Gasteiger partial charge in [-0.2, -0.15) is 0 Å². The van der Waals surface area contributed by atoms with E-state index in [4.69, 9.17) is 4.74 Å². The topological polar surface area (TPSA) is 68.7 Å². The SMILES string of the molecule is COC(=O)CN1C(=O)c2cccnc2Oc2ccccc21. The number of anilines is 1. The lowest BCUT2D eigenvalue weighted by Crippen LogP contribution is -2.35. The number of pyridine rings is 1. The van der Waals surface area contributed by atoms with Gasteiger partial charge in [-0.05, 0) is 24.3 Å². The molecule has 0 saturated heterocycles. The molecule has 0 spiro atoms. The number of rotatable bonds is 2. The van der Waals surface area contributed by atoms with Crippen molar-refractivity contribution in [3.8, 4) is 11.6 Å². The van der Waals surface area contributed by atoms with Crippen LogP contribution in [0.15, 0.2) is 42.6 Å². The fraction of sp³-hybridized carbons (Fsp3) is 0.133. The summed E-state index contributed by atoms with van der Waals surface area (Å²) in [6, 6.07) is 10.2. The highest BCUT2D eigenvalue weighted by atomic mass is 16.5. The second-order valence-electron chi connectivity index (χ2n) is 4.39. The van der Waals surface area contributed by atoms with Crippen LogP contribution in [0.2, 0.25) is 0 Å². The Balaban J connectivity index is 2.13. The molecular weight excluding hydrogens is 272 g/mol. The number of carbonyl (C=O) groups is 2. The highest BCUT2D eigenvalue weighted by molar-refractivity contribution is 6.11. The molecule has 1 aliphatic rings. The summed E-state index contributed by atoms with van der Waals surface area (Å²) in [5.74, 6) is -0.173. The molecule has 2 heterocycles. The molecule has 0 atom stereocenters. The number of hydrogen-bond donors (Lipinski definition) is 0. The number of carbonyl (C=O) groups excluding carboxylic acids is 2. The minimum atomic E-state index is -0.509. The van der Waals surface area contributed by atoms with E-state index in [1.54, 1.807) is 42.6 Å². The number of esters is 1. The fourth-order valence-electron chi connectivity index (χ4n) is 2.11. The van der Waals surface area contributed by atoms with Gasteiger partial charge in [-0.3, -0.25) is 14.5 Å². The lowest BCUT2D eigenvalue weighted by molar-refractivity contribution is -0.138. The van der Waals surface area contributed by atoms with Crippen LogP contribution in [-0.4, -0.2) is 30.5 Å². The van der Waals surface area contributed by atoms with E-state index in [2.05, 4.69) is 9.72 Å². The smallest absolute Gasteiger partial charge is 0.325 e. The first-order chi connectivity index (χ1) is 10.2. The quantitative estimate of drug-likeness (QED) is 0.789. The first-order valence-corrected chi connectivity index (χ1v) is 6.31. The molecule has 0 unspecified atom stereocenters. The van der Waals surface area contributed by atoms with Crippen molar-refractivity contribution in [2.75, 3.05) is 18.6 Å². The van der Waals surface area contributed by atoms with Crippen LogP contribution in [0.5, 0.6) is 11.6 Å². The van der Waals surface area contributed by atoms with E-state index in [-0.39, 0.29) is 18.3 Å². The molecule has 3 rings (SSSR count). The van der Waals surface area contributed by atoms with Crippen molar-refractivity contribution in [3.63, 3.8) is 0 Å². The zero-order valence-corrected chi connectivity index (χ0v) is 11.3. The van der Waals surface area contributed by atoms with Gasteiger partial charge in [-0.15, -0.1) is 0 Å². The maximum Gasteiger partial charge on any atom is 0.325 e. The van der Waals surface area contributed by atoms with Crippen molar-refractivity contribution in [1.29, 1.82) is 0 Å². The first-order valence-electron chi connectivity index (χ1n) is 6.31. The third-order valence-electron chi connectivity index (χ3n) is 3.12. The number of fused-ring (bicyclic) bond motifs is 2. The molecule has 21 heavy (non-hydrogen) atoms. The normalized spacial score (nSPS) is 12.8. The number of benzene rings is 1. The Morgan fingerprint density at radius 3 is 2.90 bits per heavy atom. The zero-order valence-electron chi connectivity index (χ0n) is 11.3. The zero-order chi connectivity index (χ0) is 14.8. The van der Waals surface area contributed by atoms with Crippen LogP contribution in [0.3, 0.4) is 0 Å². The monoisotopic (exact) mass is 284 g/mol. The highest BCUT2D eigenvalue weighted by Gasteiger charge is 2.30. The third-order valence-corrected chi connectivity index (χ3v) is 3.12. The highest BCUT2D eigenvalue weighted by Crippen LogP contribution is 2.37. The summed E-state index contributed by atoms with van der Waals surface area (Å²) in [7, 11) is 1.28. The molecule has 6 nitrogen and oxygen atoms in total. The molecule has 0 aliphatic carbocycles. The number of para-hydroxylation sites is 2. The van der Waals surface area contributed by atoms with Gasteiger partial charge in [-0.25, -0.2) is 4.98 Å². The van der Waals surface area contributed by atoms with Crippen LogP contribution in [0, 0.1) is 0 Å². The van der Waals surface area contributed by atoms with Gasteiger partial charge in [0.2, 0.25) is 5.88 Å². The van der Waals surface area contributed by atoms with Crippen molar-refractivity contribution in [2.45, 2.75) is 0 Å². The standard InChI is InChI=1S/C15H12N2O4/c1-20-13(18)9-17-11-6-2-3-7-12(11)21-14-10(15(17)19)5-4-8-16-14/h2-8H,9H2,1H3. The summed E-state index contributed by atoms with van der Waals surface area (Å²) >= 11 is 0. The van der Waals surface area contributed by atoms with Gasteiger partial charge in [0.1, 0.15) is 12.1 Å². The van der Waals surface area contributed by atoms with Crippen molar-refractivity contribution in [2.24, 2.45) is 0 Å². The van der Waals surface area contributed by atoms with Gasteiger partial charge in [0.25, 0.3) is 5.91 Å². The van der Waals surface area contributed by atoms with Crippen LogP contribution in [0.4, 0.5) is 5.69 Å². The predicted octanol–water partition coefficient (Wildman–Crippen LogP) is 2.01. The average molecular weight is 284 g/mol. The van der Waals surface area contributed by atoms with E-state index >= 15 is 0 Å². The van der Waals surface area contributed by atoms with Gasteiger partial charge in [0.15, 0.2) is 5.75 Å². The Bertz CT molecular complexity index is 714. The number of amides is 1. The van der Waals surface area contributed by atoms with E-state index in [0.29, 0.717) is 17.0 Å². The molecule has 0 bridgehead atoms. The molecule has 0 radical (unpaired) electrons. The van der Waals surface area contributed by atoms with E-state index in [1.165, 1.54) is 12.0 Å². The molecule has 2 aromatic rings. The lowest BCUT2D eigenvalue weighted by atomic mass is 10.2. The number of hydrogen-bond acceptors (Lipinski definition) is 5. The molecule has 106 valence electrons. The van der Waals surface area contributed by atoms with Crippen LogP contribution in [0.25, 0.3) is 0 Å². The van der Waals surface area contributed by atoms with Crippen molar-refractivity contribution in [3.05, 3.63) is 48.2 Å². The minimum Gasteiger partial charge on any atom is -0.468 e. The summed E-state index contributed by atoms with van der Waals surface area (Å²) in [4.78, 5) is 29.6. The average Bonchev–Trinajstić information content (AvgIpc) is 2.63. The number of methoxy groups -OCH3 is 1. The summed E-state index contributed by atoms with van der Waals surface area (Å²) in [5.41, 5.74) is 0.809. The van der Waals surface area contributed by atoms with Crippen LogP contribution in [0.1, 0.15) is 10.4 Å². The number of nitrogens with zero attached hydrogens (tertiary/aromatic N) is 2. The predicted molar refractivity (Wildman–Crippen MR) is 74.4 cm³/mol. The van der Waals surface area contributed by atoms with Crippen molar-refractivity contribution >= 4 is 17.6 Å². The van der Waals surface area contributed by atoms with Crippen LogP contribution >= 0.6 is 0 Å². The van der Waals surface area contributed by atoms with Crippen LogP contribution < -0.4 is 9.64 Å². The van der Waals surface area contributed by atoms with E-state index in [0.717, 1.165) is 0 Å².